The zero-order valence-corrected chi connectivity index (χ0v) is 16.6. The van der Waals surface area contributed by atoms with E-state index in [1.807, 2.05) is 19.1 Å². The highest BCUT2D eigenvalue weighted by Gasteiger charge is 2.32. The molecule has 0 bridgehead atoms. The van der Waals surface area contributed by atoms with E-state index in [9.17, 15) is 14.4 Å². The van der Waals surface area contributed by atoms with Crippen molar-refractivity contribution < 1.29 is 18.8 Å². The van der Waals surface area contributed by atoms with Crippen LogP contribution < -0.4 is 10.9 Å². The summed E-state index contributed by atoms with van der Waals surface area (Å²) in [6.07, 6.45) is 3.12. The Balaban J connectivity index is 1.49. The van der Waals surface area contributed by atoms with Gasteiger partial charge in [0.05, 0.1) is 11.2 Å². The summed E-state index contributed by atoms with van der Waals surface area (Å²) in [4.78, 5) is 38.2. The summed E-state index contributed by atoms with van der Waals surface area (Å²) in [5, 5.41) is 0. The average Bonchev–Trinajstić information content (AvgIpc) is 3.27. The lowest BCUT2D eigenvalue weighted by atomic mass is 10.1. The molecule has 1 fully saturated rings. The first kappa shape index (κ1) is 19.8. The van der Waals surface area contributed by atoms with Gasteiger partial charge in [-0.15, -0.1) is 0 Å². The van der Waals surface area contributed by atoms with Gasteiger partial charge in [-0.1, -0.05) is 41.7 Å². The van der Waals surface area contributed by atoms with Crippen molar-refractivity contribution in [3.05, 3.63) is 64.5 Å². The molecule has 0 saturated carbocycles. The van der Waals surface area contributed by atoms with Crippen molar-refractivity contribution in [2.45, 2.75) is 13.3 Å². The Bertz CT molecular complexity index is 937. The van der Waals surface area contributed by atoms with Crippen LogP contribution in [0.2, 0.25) is 0 Å². The van der Waals surface area contributed by atoms with Gasteiger partial charge < -0.3 is 4.42 Å². The van der Waals surface area contributed by atoms with Gasteiger partial charge in [-0.25, -0.2) is 0 Å². The highest BCUT2D eigenvalue weighted by Crippen LogP contribution is 2.32. The largest absolute Gasteiger partial charge is 0.465 e. The first-order valence-electron chi connectivity index (χ1n) is 8.39. The molecule has 7 nitrogen and oxygen atoms in total. The predicted molar refractivity (Wildman–Crippen MR) is 110 cm³/mol. The summed E-state index contributed by atoms with van der Waals surface area (Å²) in [7, 11) is 0. The SMILES string of the molecule is Cc1ccc(C(=O)NNC(=O)CCN2C(=O)C(=Cc3ccco3)SC2=S)cc1. The molecular weight excluding hydrogens is 398 g/mol. The Hall–Kier alpha value is -2.91. The van der Waals surface area contributed by atoms with Crippen LogP contribution in [0.15, 0.2) is 52.0 Å². The van der Waals surface area contributed by atoms with Crippen molar-refractivity contribution in [3.8, 4) is 0 Å². The van der Waals surface area contributed by atoms with Crippen LogP contribution in [-0.4, -0.2) is 33.5 Å². The first-order valence-corrected chi connectivity index (χ1v) is 9.61. The molecule has 1 aliphatic heterocycles. The monoisotopic (exact) mass is 415 g/mol. The minimum absolute atomic E-state index is 0.00531. The molecule has 0 radical (unpaired) electrons. The number of carbonyl (C=O) groups is 3. The Kier molecular flexibility index (Phi) is 6.27. The number of hydrogen-bond donors (Lipinski definition) is 2. The second kappa shape index (κ2) is 8.85. The normalized spacial score (nSPS) is 15.2. The number of amides is 3. The van der Waals surface area contributed by atoms with E-state index in [-0.39, 0.29) is 18.9 Å². The Morgan fingerprint density at radius 2 is 1.96 bits per heavy atom. The lowest BCUT2D eigenvalue weighted by Crippen LogP contribution is -2.43. The number of nitrogens with one attached hydrogen (secondary N) is 2. The molecule has 0 atom stereocenters. The van der Waals surface area contributed by atoms with Gasteiger partial charge in [-0.2, -0.15) is 0 Å². The van der Waals surface area contributed by atoms with Crippen LogP contribution in [0.4, 0.5) is 0 Å². The van der Waals surface area contributed by atoms with Gasteiger partial charge in [0.2, 0.25) is 5.91 Å². The van der Waals surface area contributed by atoms with Gasteiger partial charge in [0.1, 0.15) is 10.1 Å². The number of thioether (sulfide) groups is 1. The number of aryl methyl sites for hydroxylation is 1. The van der Waals surface area contributed by atoms with E-state index in [4.69, 9.17) is 16.6 Å². The standard InChI is InChI=1S/C19H17N3O4S2/c1-12-4-6-13(7-5-12)17(24)21-20-16(23)8-9-22-18(25)15(28-19(22)27)11-14-3-2-10-26-14/h2-7,10-11H,8-9H2,1H3,(H,20,23)(H,21,24). The van der Waals surface area contributed by atoms with Crippen molar-refractivity contribution >= 4 is 52.1 Å². The van der Waals surface area contributed by atoms with Gasteiger partial charge in [0, 0.05) is 24.6 Å². The van der Waals surface area contributed by atoms with Crippen molar-refractivity contribution in [1.29, 1.82) is 0 Å². The van der Waals surface area contributed by atoms with Gasteiger partial charge >= 0.3 is 0 Å². The predicted octanol–water partition coefficient (Wildman–Crippen LogP) is 2.64. The third-order valence-corrected chi connectivity index (χ3v) is 5.26. The Morgan fingerprint density at radius 1 is 1.21 bits per heavy atom. The molecule has 1 aliphatic rings. The van der Waals surface area contributed by atoms with Gasteiger partial charge in [0.15, 0.2) is 0 Å². The quantitative estimate of drug-likeness (QED) is 0.443. The number of hydrogen-bond acceptors (Lipinski definition) is 6. The molecule has 1 saturated heterocycles. The Morgan fingerprint density at radius 3 is 2.64 bits per heavy atom. The molecule has 3 rings (SSSR count). The maximum absolute atomic E-state index is 12.4. The second-order valence-electron chi connectivity index (χ2n) is 5.97. The third kappa shape index (κ3) is 4.87. The van der Waals surface area contributed by atoms with E-state index < -0.39 is 11.8 Å². The molecule has 9 heteroatoms. The molecule has 2 heterocycles. The van der Waals surface area contributed by atoms with Crippen molar-refractivity contribution in [2.24, 2.45) is 0 Å². The van der Waals surface area contributed by atoms with Crippen molar-refractivity contribution in [1.82, 2.24) is 15.8 Å². The summed E-state index contributed by atoms with van der Waals surface area (Å²) < 4.78 is 5.58. The fourth-order valence-corrected chi connectivity index (χ4v) is 3.66. The van der Waals surface area contributed by atoms with Crippen LogP contribution in [0.25, 0.3) is 6.08 Å². The van der Waals surface area contributed by atoms with E-state index in [0.717, 1.165) is 17.3 Å². The van der Waals surface area contributed by atoms with Crippen LogP contribution in [0.5, 0.6) is 0 Å². The number of thiocarbonyl (C=S) groups is 1. The second-order valence-corrected chi connectivity index (χ2v) is 7.64. The van der Waals surface area contributed by atoms with Crippen LogP contribution in [-0.2, 0) is 9.59 Å². The maximum atomic E-state index is 12.4. The van der Waals surface area contributed by atoms with E-state index in [1.165, 1.54) is 11.2 Å². The molecule has 144 valence electrons. The number of carbonyl (C=O) groups excluding carboxylic acids is 3. The zero-order chi connectivity index (χ0) is 20.1. The Labute approximate surface area is 171 Å². The van der Waals surface area contributed by atoms with E-state index in [1.54, 1.807) is 30.3 Å². The fraction of sp³-hybridized carbons (Fsp3) is 0.158. The molecule has 0 aliphatic carbocycles. The van der Waals surface area contributed by atoms with E-state index in [0.29, 0.717) is 20.5 Å². The van der Waals surface area contributed by atoms with Gasteiger partial charge in [0.25, 0.3) is 11.8 Å². The highest BCUT2D eigenvalue weighted by molar-refractivity contribution is 8.26. The topological polar surface area (TPSA) is 91.7 Å². The van der Waals surface area contributed by atoms with E-state index >= 15 is 0 Å². The van der Waals surface area contributed by atoms with Gasteiger partial charge in [-0.05, 0) is 31.2 Å². The third-order valence-electron chi connectivity index (χ3n) is 3.88. The molecule has 1 aromatic heterocycles. The van der Waals surface area contributed by atoms with Crippen LogP contribution in [0.1, 0.15) is 28.1 Å². The summed E-state index contributed by atoms with van der Waals surface area (Å²) in [6, 6.07) is 10.4. The molecule has 1 aromatic carbocycles. The molecule has 3 amide bonds. The summed E-state index contributed by atoms with van der Waals surface area (Å²) in [5.41, 5.74) is 6.16. The number of hydrazine groups is 1. The highest BCUT2D eigenvalue weighted by atomic mass is 32.2. The maximum Gasteiger partial charge on any atom is 0.269 e. The van der Waals surface area contributed by atoms with Crippen molar-refractivity contribution in [2.75, 3.05) is 6.54 Å². The van der Waals surface area contributed by atoms with E-state index in [2.05, 4.69) is 10.9 Å². The molecule has 2 N–H and O–H groups in total. The molecular formula is C19H17N3O4S2. The zero-order valence-electron chi connectivity index (χ0n) is 14.9. The molecule has 2 aromatic rings. The summed E-state index contributed by atoms with van der Waals surface area (Å²) in [5.74, 6) is -0.565. The minimum Gasteiger partial charge on any atom is -0.465 e. The summed E-state index contributed by atoms with van der Waals surface area (Å²) >= 11 is 6.37. The number of rotatable bonds is 5. The van der Waals surface area contributed by atoms with Gasteiger partial charge in [-0.3, -0.25) is 30.1 Å². The summed E-state index contributed by atoms with van der Waals surface area (Å²) in [6.45, 7) is 2.04. The first-order chi connectivity index (χ1) is 13.4. The lowest BCUT2D eigenvalue weighted by Gasteiger charge is -2.14. The average molecular weight is 415 g/mol. The number of benzene rings is 1. The molecule has 28 heavy (non-hydrogen) atoms. The van der Waals surface area contributed by atoms with Crippen molar-refractivity contribution in [3.63, 3.8) is 0 Å². The van der Waals surface area contributed by atoms with Crippen LogP contribution in [0.3, 0.4) is 0 Å². The lowest BCUT2D eigenvalue weighted by molar-refractivity contribution is -0.124. The van der Waals surface area contributed by atoms with Crippen LogP contribution >= 0.6 is 24.0 Å². The minimum atomic E-state index is -0.426. The fourth-order valence-electron chi connectivity index (χ4n) is 2.37. The number of nitrogens with zero attached hydrogens (tertiary/aromatic N) is 1. The number of furan rings is 1. The molecule has 0 unspecified atom stereocenters. The van der Waals surface area contributed by atoms with Crippen LogP contribution in [0, 0.1) is 6.92 Å². The molecule has 0 spiro atoms. The smallest absolute Gasteiger partial charge is 0.269 e.